The van der Waals surface area contributed by atoms with Crippen molar-refractivity contribution in [3.8, 4) is 0 Å². The third-order valence-electron chi connectivity index (χ3n) is 10.8. The Hall–Kier alpha value is -0.160. The molecule has 182 valence electrons. The molecular weight excluding hydrogens is 396 g/mol. The van der Waals surface area contributed by atoms with E-state index in [2.05, 4.69) is 0 Å². The summed E-state index contributed by atoms with van der Waals surface area (Å²) in [5.74, 6) is 3.75. The minimum Gasteiger partial charge on any atom is -0.375 e. The van der Waals surface area contributed by atoms with E-state index in [1.807, 2.05) is 0 Å². The molecule has 0 aromatic rings. The molecular formula is C28H48N2O2. The Morgan fingerprint density at radius 1 is 0.500 bits per heavy atom. The van der Waals surface area contributed by atoms with Gasteiger partial charge in [-0.05, 0) is 138 Å². The fraction of sp³-hybridized carbons (Fsp3) is 1.00. The van der Waals surface area contributed by atoms with Gasteiger partial charge in [0, 0.05) is 12.1 Å². The summed E-state index contributed by atoms with van der Waals surface area (Å²) in [5.41, 5.74) is 12.9. The highest BCUT2D eigenvalue weighted by Crippen LogP contribution is 2.65. The molecule has 0 saturated heterocycles. The Labute approximate surface area is 195 Å². The Kier molecular flexibility index (Phi) is 6.37. The third kappa shape index (κ3) is 4.55. The number of ether oxygens (including phenoxy) is 2. The minimum absolute atomic E-state index is 0.404. The summed E-state index contributed by atoms with van der Waals surface area (Å²) in [4.78, 5) is 0. The van der Waals surface area contributed by atoms with Crippen LogP contribution >= 0.6 is 0 Å². The lowest BCUT2D eigenvalue weighted by molar-refractivity contribution is -0.181. The summed E-state index contributed by atoms with van der Waals surface area (Å²) in [6.07, 6.45) is 23.8. The molecule has 7 saturated carbocycles. The van der Waals surface area contributed by atoms with Gasteiger partial charge in [-0.25, -0.2) is 0 Å². The van der Waals surface area contributed by atoms with Crippen LogP contribution in [0.1, 0.15) is 109 Å². The van der Waals surface area contributed by atoms with Crippen LogP contribution in [0.4, 0.5) is 0 Å². The molecule has 3 atom stereocenters. The second-order valence-corrected chi connectivity index (χ2v) is 13.2. The summed E-state index contributed by atoms with van der Waals surface area (Å²) in [6, 6.07) is 0.809. The van der Waals surface area contributed by atoms with Gasteiger partial charge < -0.3 is 20.9 Å². The Bertz CT molecular complexity index is 602. The van der Waals surface area contributed by atoms with Crippen LogP contribution in [0, 0.1) is 29.1 Å². The summed E-state index contributed by atoms with van der Waals surface area (Å²) in [7, 11) is 0. The van der Waals surface area contributed by atoms with E-state index in [9.17, 15) is 0 Å². The van der Waals surface area contributed by atoms with Crippen molar-refractivity contribution >= 4 is 0 Å². The van der Waals surface area contributed by atoms with Crippen LogP contribution in [0.15, 0.2) is 0 Å². The first kappa shape index (κ1) is 22.3. The molecule has 0 radical (unpaired) electrons. The van der Waals surface area contributed by atoms with E-state index in [0.717, 1.165) is 49.4 Å². The maximum Gasteiger partial charge on any atom is 0.0614 e. The lowest BCUT2D eigenvalue weighted by Crippen LogP contribution is -2.55. The molecule has 4 nitrogen and oxygen atoms in total. The predicted octanol–water partition coefficient (Wildman–Crippen LogP) is 5.31. The zero-order chi connectivity index (χ0) is 21.7. The van der Waals surface area contributed by atoms with Gasteiger partial charge in [0.25, 0.3) is 0 Å². The van der Waals surface area contributed by atoms with Crippen molar-refractivity contribution in [1.29, 1.82) is 0 Å². The highest BCUT2D eigenvalue weighted by Gasteiger charge is 2.57. The summed E-state index contributed by atoms with van der Waals surface area (Å²) < 4.78 is 13.8. The molecule has 0 heterocycles. The summed E-state index contributed by atoms with van der Waals surface area (Å²) in [6.45, 7) is 0. The topological polar surface area (TPSA) is 70.5 Å². The van der Waals surface area contributed by atoms with Gasteiger partial charge in [-0.15, -0.1) is 0 Å². The molecule has 4 bridgehead atoms. The maximum absolute atomic E-state index is 7.01. The second kappa shape index (κ2) is 9.13. The number of hydrogen-bond acceptors (Lipinski definition) is 4. The van der Waals surface area contributed by atoms with Gasteiger partial charge in [-0.1, -0.05) is 0 Å². The molecule has 0 aromatic carbocycles. The zero-order valence-corrected chi connectivity index (χ0v) is 20.3. The van der Waals surface area contributed by atoms with Crippen LogP contribution in [-0.2, 0) is 9.47 Å². The van der Waals surface area contributed by atoms with Gasteiger partial charge in [0.15, 0.2) is 0 Å². The standard InChI is InChI=1S/C28H48N2O2/c29-21-1-5-23(6-2-21)31-25-9-10-27(32-24-7-3-22(30)4-8-24)26(14-25)28-15-18-11-19(16-28)13-20(12-18)17-28/h18-27H,1-17,29-30H2. The van der Waals surface area contributed by atoms with Crippen LogP contribution in [0.5, 0.6) is 0 Å². The smallest absolute Gasteiger partial charge is 0.0614 e. The summed E-state index contributed by atoms with van der Waals surface area (Å²) >= 11 is 0. The van der Waals surface area contributed by atoms with Crippen molar-refractivity contribution in [3.63, 3.8) is 0 Å². The SMILES string of the molecule is NC1CCC(OC2CCC(OC3CCC(N)CC3)C(C34CC5CC(CC(C5)C3)C4)C2)CC1. The van der Waals surface area contributed by atoms with E-state index in [1.165, 1.54) is 83.5 Å². The van der Waals surface area contributed by atoms with Gasteiger partial charge in [-0.2, -0.15) is 0 Å². The van der Waals surface area contributed by atoms with E-state index >= 15 is 0 Å². The van der Waals surface area contributed by atoms with Gasteiger partial charge >= 0.3 is 0 Å². The van der Waals surface area contributed by atoms with Crippen molar-refractivity contribution in [2.75, 3.05) is 0 Å². The van der Waals surface area contributed by atoms with Gasteiger partial charge in [0.05, 0.1) is 24.4 Å². The number of rotatable bonds is 5. The highest BCUT2D eigenvalue weighted by molar-refractivity contribution is 5.07. The largest absolute Gasteiger partial charge is 0.375 e. The van der Waals surface area contributed by atoms with E-state index in [-0.39, 0.29) is 0 Å². The van der Waals surface area contributed by atoms with Gasteiger partial charge in [-0.3, -0.25) is 0 Å². The quantitative estimate of drug-likeness (QED) is 0.602. The van der Waals surface area contributed by atoms with Crippen LogP contribution in [-0.4, -0.2) is 36.5 Å². The van der Waals surface area contributed by atoms with Crippen LogP contribution in [0.25, 0.3) is 0 Å². The normalized spacial score (nSPS) is 53.4. The van der Waals surface area contributed by atoms with Crippen molar-refractivity contribution in [2.45, 2.75) is 146 Å². The second-order valence-electron chi connectivity index (χ2n) is 13.2. The molecule has 4 heteroatoms. The first-order chi connectivity index (χ1) is 15.5. The highest BCUT2D eigenvalue weighted by atomic mass is 16.5. The molecule has 3 unspecified atom stereocenters. The molecule has 4 N–H and O–H groups in total. The zero-order valence-electron chi connectivity index (χ0n) is 20.3. The molecule has 0 amide bonds. The van der Waals surface area contributed by atoms with Gasteiger partial charge in [0.2, 0.25) is 0 Å². The molecule has 32 heavy (non-hydrogen) atoms. The average molecular weight is 445 g/mol. The van der Waals surface area contributed by atoms with Crippen LogP contribution in [0.3, 0.4) is 0 Å². The van der Waals surface area contributed by atoms with E-state index < -0.39 is 0 Å². The fourth-order valence-electron chi connectivity index (χ4n) is 9.64. The number of nitrogens with two attached hydrogens (primary N) is 2. The van der Waals surface area contributed by atoms with Crippen molar-refractivity contribution in [1.82, 2.24) is 0 Å². The lowest BCUT2D eigenvalue weighted by atomic mass is 9.45. The van der Waals surface area contributed by atoms with E-state index in [0.29, 0.717) is 41.9 Å². The Morgan fingerprint density at radius 2 is 0.969 bits per heavy atom. The molecule has 0 spiro atoms. The molecule has 7 rings (SSSR count). The van der Waals surface area contributed by atoms with Crippen molar-refractivity contribution < 1.29 is 9.47 Å². The van der Waals surface area contributed by atoms with E-state index in [4.69, 9.17) is 20.9 Å². The first-order valence-electron chi connectivity index (χ1n) is 14.4. The average Bonchev–Trinajstić information content (AvgIpc) is 2.77. The fourth-order valence-corrected chi connectivity index (χ4v) is 9.64. The van der Waals surface area contributed by atoms with Crippen LogP contribution < -0.4 is 11.5 Å². The third-order valence-corrected chi connectivity index (χ3v) is 10.8. The minimum atomic E-state index is 0.404. The number of hydrogen-bond donors (Lipinski definition) is 2. The van der Waals surface area contributed by atoms with Gasteiger partial charge in [0.1, 0.15) is 0 Å². The lowest BCUT2D eigenvalue weighted by Gasteiger charge is -2.62. The Balaban J connectivity index is 1.17. The van der Waals surface area contributed by atoms with Crippen LogP contribution in [0.2, 0.25) is 0 Å². The molecule has 0 aliphatic heterocycles. The monoisotopic (exact) mass is 444 g/mol. The molecule has 7 aliphatic rings. The van der Waals surface area contributed by atoms with Crippen molar-refractivity contribution in [2.24, 2.45) is 40.6 Å². The van der Waals surface area contributed by atoms with Crippen molar-refractivity contribution in [3.05, 3.63) is 0 Å². The maximum atomic E-state index is 7.01. The molecule has 7 aliphatic carbocycles. The molecule has 0 aromatic heterocycles. The first-order valence-corrected chi connectivity index (χ1v) is 14.4. The molecule has 7 fully saturated rings. The summed E-state index contributed by atoms with van der Waals surface area (Å²) in [5, 5.41) is 0. The Morgan fingerprint density at radius 3 is 1.50 bits per heavy atom. The predicted molar refractivity (Wildman–Crippen MR) is 128 cm³/mol. The van der Waals surface area contributed by atoms with E-state index in [1.54, 1.807) is 0 Å².